The molecular weight excluding hydrogens is 273 g/mol. The second-order valence-electron chi connectivity index (χ2n) is 4.88. The maximum absolute atomic E-state index is 13.2. The van der Waals surface area contributed by atoms with E-state index in [4.69, 9.17) is 10.5 Å². The molecule has 110 valence electrons. The Morgan fingerprint density at radius 3 is 2.67 bits per heavy atom. The minimum atomic E-state index is -0.384. The molecule has 2 N–H and O–H groups in total. The SMILES string of the molecule is Nc1nc(Oc2cccc(F)c2)nc(N2CCCCC2)n1. The second-order valence-corrected chi connectivity index (χ2v) is 4.88. The van der Waals surface area contributed by atoms with Crippen molar-refractivity contribution in [3.8, 4) is 11.8 Å². The molecule has 0 spiro atoms. The molecule has 0 unspecified atom stereocenters. The smallest absolute Gasteiger partial charge is 0.328 e. The number of ether oxygens (including phenoxy) is 1. The molecule has 7 heteroatoms. The van der Waals surface area contributed by atoms with Crippen molar-refractivity contribution in [3.63, 3.8) is 0 Å². The Morgan fingerprint density at radius 2 is 1.90 bits per heavy atom. The van der Waals surface area contributed by atoms with Crippen LogP contribution in [0.3, 0.4) is 0 Å². The zero-order valence-corrected chi connectivity index (χ0v) is 11.5. The number of rotatable bonds is 3. The summed E-state index contributed by atoms with van der Waals surface area (Å²) in [4.78, 5) is 14.4. The third-order valence-corrected chi connectivity index (χ3v) is 3.26. The number of benzene rings is 1. The largest absolute Gasteiger partial charge is 0.424 e. The standard InChI is InChI=1S/C14H16FN5O/c15-10-5-4-6-11(9-10)21-14-18-12(16)17-13(19-14)20-7-2-1-3-8-20/h4-6,9H,1-3,7-8H2,(H2,16,17,18,19). The normalized spacial score (nSPS) is 15.0. The predicted molar refractivity (Wildman–Crippen MR) is 76.8 cm³/mol. The summed E-state index contributed by atoms with van der Waals surface area (Å²) in [5.41, 5.74) is 5.71. The predicted octanol–water partition coefficient (Wildman–Crippen LogP) is 2.38. The summed E-state index contributed by atoms with van der Waals surface area (Å²) >= 11 is 0. The van der Waals surface area contributed by atoms with Crippen LogP contribution in [-0.4, -0.2) is 28.0 Å². The topological polar surface area (TPSA) is 77.2 Å². The first-order chi connectivity index (χ1) is 10.2. The molecule has 0 saturated carbocycles. The van der Waals surface area contributed by atoms with Crippen LogP contribution in [0.5, 0.6) is 11.8 Å². The number of nitrogens with two attached hydrogens (primary N) is 1. The van der Waals surface area contributed by atoms with Crippen LogP contribution in [0, 0.1) is 5.82 Å². The van der Waals surface area contributed by atoms with E-state index in [1.54, 1.807) is 12.1 Å². The summed E-state index contributed by atoms with van der Waals surface area (Å²) in [6.45, 7) is 1.78. The number of halogens is 1. The Kier molecular flexibility index (Phi) is 3.81. The van der Waals surface area contributed by atoms with Crippen LogP contribution in [0.15, 0.2) is 24.3 Å². The molecule has 1 aromatic heterocycles. The Labute approximate surface area is 121 Å². The maximum atomic E-state index is 13.2. The van der Waals surface area contributed by atoms with Gasteiger partial charge in [0, 0.05) is 19.2 Å². The summed E-state index contributed by atoms with van der Waals surface area (Å²) in [6.07, 6.45) is 3.42. The van der Waals surface area contributed by atoms with E-state index in [0.29, 0.717) is 11.7 Å². The first-order valence-corrected chi connectivity index (χ1v) is 6.90. The molecule has 0 atom stereocenters. The number of aromatic nitrogens is 3. The van der Waals surface area contributed by atoms with E-state index in [9.17, 15) is 4.39 Å². The van der Waals surface area contributed by atoms with Crippen LogP contribution >= 0.6 is 0 Å². The van der Waals surface area contributed by atoms with Gasteiger partial charge in [-0.05, 0) is 31.4 Å². The van der Waals surface area contributed by atoms with Gasteiger partial charge in [-0.25, -0.2) is 4.39 Å². The van der Waals surface area contributed by atoms with Crippen molar-refractivity contribution in [2.45, 2.75) is 19.3 Å². The number of piperidine rings is 1. The van der Waals surface area contributed by atoms with E-state index >= 15 is 0 Å². The second kappa shape index (κ2) is 5.90. The van der Waals surface area contributed by atoms with Gasteiger partial charge in [-0.3, -0.25) is 0 Å². The lowest BCUT2D eigenvalue weighted by atomic mass is 10.1. The molecule has 2 heterocycles. The van der Waals surface area contributed by atoms with E-state index in [-0.39, 0.29) is 17.8 Å². The van der Waals surface area contributed by atoms with Crippen molar-refractivity contribution in [2.24, 2.45) is 0 Å². The van der Waals surface area contributed by atoms with E-state index in [2.05, 4.69) is 19.9 Å². The number of nitrogens with zero attached hydrogens (tertiary/aromatic N) is 4. The third kappa shape index (κ3) is 3.36. The van der Waals surface area contributed by atoms with Gasteiger partial charge in [0.05, 0.1) is 0 Å². The van der Waals surface area contributed by atoms with E-state index in [0.717, 1.165) is 25.9 Å². The van der Waals surface area contributed by atoms with Crippen molar-refractivity contribution in [1.82, 2.24) is 15.0 Å². The van der Waals surface area contributed by atoms with E-state index in [1.807, 2.05) is 0 Å². The molecule has 1 aliphatic rings. The fourth-order valence-corrected chi connectivity index (χ4v) is 2.28. The first kappa shape index (κ1) is 13.5. The summed E-state index contributed by atoms with van der Waals surface area (Å²) < 4.78 is 18.6. The van der Waals surface area contributed by atoms with Crippen LogP contribution in [0.4, 0.5) is 16.3 Å². The van der Waals surface area contributed by atoms with Crippen LogP contribution in [-0.2, 0) is 0 Å². The fraction of sp³-hybridized carbons (Fsp3) is 0.357. The zero-order valence-electron chi connectivity index (χ0n) is 11.5. The fourth-order valence-electron chi connectivity index (χ4n) is 2.28. The van der Waals surface area contributed by atoms with Crippen molar-refractivity contribution in [2.75, 3.05) is 23.7 Å². The molecule has 0 radical (unpaired) electrons. The number of hydrogen-bond acceptors (Lipinski definition) is 6. The minimum absolute atomic E-state index is 0.0775. The molecule has 1 aliphatic heterocycles. The highest BCUT2D eigenvalue weighted by molar-refractivity contribution is 5.37. The molecule has 21 heavy (non-hydrogen) atoms. The highest BCUT2D eigenvalue weighted by atomic mass is 19.1. The first-order valence-electron chi connectivity index (χ1n) is 6.90. The Morgan fingerprint density at radius 1 is 1.10 bits per heavy atom. The summed E-state index contributed by atoms with van der Waals surface area (Å²) in [7, 11) is 0. The lowest BCUT2D eigenvalue weighted by molar-refractivity contribution is 0.435. The molecule has 1 fully saturated rings. The molecule has 1 saturated heterocycles. The Balaban J connectivity index is 1.83. The minimum Gasteiger partial charge on any atom is -0.424 e. The lowest BCUT2D eigenvalue weighted by Gasteiger charge is -2.26. The summed E-state index contributed by atoms with van der Waals surface area (Å²) in [5, 5.41) is 0. The third-order valence-electron chi connectivity index (χ3n) is 3.26. The summed E-state index contributed by atoms with van der Waals surface area (Å²) in [5.74, 6) is 0.543. The monoisotopic (exact) mass is 289 g/mol. The molecule has 0 amide bonds. The van der Waals surface area contributed by atoms with Crippen LogP contribution in [0.2, 0.25) is 0 Å². The average molecular weight is 289 g/mol. The Hall–Kier alpha value is -2.44. The maximum Gasteiger partial charge on any atom is 0.328 e. The molecule has 3 rings (SSSR count). The Bertz CT molecular complexity index is 631. The summed E-state index contributed by atoms with van der Waals surface area (Å²) in [6, 6.07) is 5.87. The van der Waals surface area contributed by atoms with Gasteiger partial charge >= 0.3 is 6.01 Å². The van der Waals surface area contributed by atoms with Gasteiger partial charge in [0.1, 0.15) is 11.6 Å². The van der Waals surface area contributed by atoms with Gasteiger partial charge in [-0.1, -0.05) is 6.07 Å². The van der Waals surface area contributed by atoms with Gasteiger partial charge < -0.3 is 15.4 Å². The number of nitrogen functional groups attached to an aromatic ring is 1. The van der Waals surface area contributed by atoms with Crippen molar-refractivity contribution in [1.29, 1.82) is 0 Å². The highest BCUT2D eigenvalue weighted by Gasteiger charge is 2.16. The molecular formula is C14H16FN5O. The van der Waals surface area contributed by atoms with Crippen LogP contribution in [0.25, 0.3) is 0 Å². The van der Waals surface area contributed by atoms with E-state index < -0.39 is 0 Å². The van der Waals surface area contributed by atoms with Crippen LogP contribution < -0.4 is 15.4 Å². The highest BCUT2D eigenvalue weighted by Crippen LogP contribution is 2.22. The molecule has 0 aliphatic carbocycles. The van der Waals surface area contributed by atoms with Gasteiger partial charge in [-0.15, -0.1) is 0 Å². The van der Waals surface area contributed by atoms with Crippen molar-refractivity contribution >= 4 is 11.9 Å². The van der Waals surface area contributed by atoms with Gasteiger partial charge in [0.15, 0.2) is 0 Å². The number of hydrogen-bond donors (Lipinski definition) is 1. The number of anilines is 2. The van der Waals surface area contributed by atoms with Crippen LogP contribution in [0.1, 0.15) is 19.3 Å². The molecule has 0 bridgehead atoms. The lowest BCUT2D eigenvalue weighted by Crippen LogP contribution is -2.31. The molecule has 6 nitrogen and oxygen atoms in total. The molecule has 1 aromatic carbocycles. The van der Waals surface area contributed by atoms with Crippen molar-refractivity contribution < 1.29 is 9.13 Å². The van der Waals surface area contributed by atoms with E-state index in [1.165, 1.54) is 18.6 Å². The average Bonchev–Trinajstić information content (AvgIpc) is 2.47. The van der Waals surface area contributed by atoms with Crippen molar-refractivity contribution in [3.05, 3.63) is 30.1 Å². The zero-order chi connectivity index (χ0) is 14.7. The quantitative estimate of drug-likeness (QED) is 0.934. The van der Waals surface area contributed by atoms with Gasteiger partial charge in [0.2, 0.25) is 11.9 Å². The van der Waals surface area contributed by atoms with Gasteiger partial charge in [-0.2, -0.15) is 15.0 Å². The molecule has 2 aromatic rings. The van der Waals surface area contributed by atoms with Gasteiger partial charge in [0.25, 0.3) is 0 Å².